The van der Waals surface area contributed by atoms with E-state index in [0.29, 0.717) is 6.04 Å². The number of nitrogens with one attached hydrogen (secondary N) is 2. The van der Waals surface area contributed by atoms with E-state index in [1.165, 1.54) is 11.1 Å². The van der Waals surface area contributed by atoms with Gasteiger partial charge < -0.3 is 16.4 Å². The Balaban J connectivity index is 2.09. The molecule has 1 aromatic carbocycles. The summed E-state index contributed by atoms with van der Waals surface area (Å²) in [5.41, 5.74) is 8.27. The van der Waals surface area contributed by atoms with Gasteiger partial charge in [-0.1, -0.05) is 24.3 Å². The standard InChI is InChI=1S/C12H19N3/c13-5-4-10-2-1-3-11(8-10)12-9-14-6-7-15-12/h1-3,8,12,14-15H,4-7,9,13H2. The average molecular weight is 205 g/mol. The Kier molecular flexibility index (Phi) is 3.72. The van der Waals surface area contributed by atoms with Crippen LogP contribution in [0.4, 0.5) is 0 Å². The van der Waals surface area contributed by atoms with Gasteiger partial charge >= 0.3 is 0 Å². The minimum Gasteiger partial charge on any atom is -0.330 e. The van der Waals surface area contributed by atoms with E-state index in [1.54, 1.807) is 0 Å². The molecule has 1 aliphatic heterocycles. The molecule has 1 heterocycles. The summed E-state index contributed by atoms with van der Waals surface area (Å²) < 4.78 is 0. The zero-order valence-corrected chi connectivity index (χ0v) is 9.00. The predicted molar refractivity (Wildman–Crippen MR) is 62.8 cm³/mol. The molecule has 15 heavy (non-hydrogen) atoms. The molecule has 0 aromatic heterocycles. The Morgan fingerprint density at radius 2 is 2.27 bits per heavy atom. The summed E-state index contributed by atoms with van der Waals surface area (Å²) in [6.07, 6.45) is 0.966. The van der Waals surface area contributed by atoms with Crippen LogP contribution in [0.1, 0.15) is 17.2 Å². The summed E-state index contributed by atoms with van der Waals surface area (Å²) in [4.78, 5) is 0. The maximum atomic E-state index is 5.56. The van der Waals surface area contributed by atoms with Gasteiger partial charge in [-0.2, -0.15) is 0 Å². The molecular formula is C12H19N3. The van der Waals surface area contributed by atoms with E-state index in [4.69, 9.17) is 5.73 Å². The lowest BCUT2D eigenvalue weighted by Gasteiger charge is -2.25. The molecule has 0 radical (unpaired) electrons. The predicted octanol–water partition coefficient (Wildman–Crippen LogP) is 0.422. The van der Waals surface area contributed by atoms with Crippen LogP contribution in [-0.4, -0.2) is 26.2 Å². The second kappa shape index (κ2) is 5.26. The Labute approximate surface area is 91.1 Å². The van der Waals surface area contributed by atoms with Gasteiger partial charge in [-0.15, -0.1) is 0 Å². The van der Waals surface area contributed by atoms with Crippen molar-refractivity contribution in [2.75, 3.05) is 26.2 Å². The van der Waals surface area contributed by atoms with Gasteiger partial charge in [-0.05, 0) is 24.1 Å². The normalized spacial score (nSPS) is 21.5. The van der Waals surface area contributed by atoms with E-state index in [1.807, 2.05) is 0 Å². The van der Waals surface area contributed by atoms with Crippen LogP contribution in [0.2, 0.25) is 0 Å². The molecule has 1 aliphatic rings. The lowest BCUT2D eigenvalue weighted by Crippen LogP contribution is -2.42. The molecule has 82 valence electrons. The molecule has 1 atom stereocenters. The highest BCUT2D eigenvalue weighted by atomic mass is 15.1. The highest BCUT2D eigenvalue weighted by Crippen LogP contribution is 2.15. The van der Waals surface area contributed by atoms with Crippen LogP contribution in [0.25, 0.3) is 0 Å². The fraction of sp³-hybridized carbons (Fsp3) is 0.500. The third-order valence-corrected chi connectivity index (χ3v) is 2.83. The molecule has 3 nitrogen and oxygen atoms in total. The van der Waals surface area contributed by atoms with Crippen molar-refractivity contribution in [3.8, 4) is 0 Å². The highest BCUT2D eigenvalue weighted by molar-refractivity contribution is 5.27. The van der Waals surface area contributed by atoms with Gasteiger partial charge in [0, 0.05) is 25.7 Å². The molecule has 1 unspecified atom stereocenters. The lowest BCUT2D eigenvalue weighted by molar-refractivity contribution is 0.430. The Morgan fingerprint density at radius 3 is 3.00 bits per heavy atom. The Morgan fingerprint density at radius 1 is 1.33 bits per heavy atom. The summed E-state index contributed by atoms with van der Waals surface area (Å²) in [5, 5.41) is 6.91. The number of rotatable bonds is 3. The van der Waals surface area contributed by atoms with Crippen molar-refractivity contribution < 1.29 is 0 Å². The highest BCUT2D eigenvalue weighted by Gasteiger charge is 2.13. The number of piperazine rings is 1. The fourth-order valence-electron chi connectivity index (χ4n) is 2.02. The van der Waals surface area contributed by atoms with Crippen molar-refractivity contribution in [1.82, 2.24) is 10.6 Å². The van der Waals surface area contributed by atoms with Crippen LogP contribution >= 0.6 is 0 Å². The van der Waals surface area contributed by atoms with Gasteiger partial charge in [0.2, 0.25) is 0 Å². The molecule has 1 fully saturated rings. The number of benzene rings is 1. The number of hydrogen-bond acceptors (Lipinski definition) is 3. The SMILES string of the molecule is NCCc1cccc(C2CNCCN2)c1. The smallest absolute Gasteiger partial charge is 0.0447 e. The topological polar surface area (TPSA) is 50.1 Å². The fourth-order valence-corrected chi connectivity index (χ4v) is 2.02. The van der Waals surface area contributed by atoms with Gasteiger partial charge in [0.25, 0.3) is 0 Å². The zero-order chi connectivity index (χ0) is 10.5. The molecule has 2 rings (SSSR count). The molecular weight excluding hydrogens is 186 g/mol. The van der Waals surface area contributed by atoms with Gasteiger partial charge in [0.05, 0.1) is 0 Å². The summed E-state index contributed by atoms with van der Waals surface area (Å²) >= 11 is 0. The van der Waals surface area contributed by atoms with Crippen LogP contribution < -0.4 is 16.4 Å². The van der Waals surface area contributed by atoms with E-state index in [9.17, 15) is 0 Å². The summed E-state index contributed by atoms with van der Waals surface area (Å²) in [5.74, 6) is 0. The summed E-state index contributed by atoms with van der Waals surface area (Å²) in [6, 6.07) is 9.17. The van der Waals surface area contributed by atoms with Crippen LogP contribution in [0.15, 0.2) is 24.3 Å². The molecule has 1 aromatic rings. The van der Waals surface area contributed by atoms with E-state index < -0.39 is 0 Å². The Bertz CT molecular complexity index is 305. The molecule has 0 saturated carbocycles. The van der Waals surface area contributed by atoms with Gasteiger partial charge in [0.1, 0.15) is 0 Å². The molecule has 4 N–H and O–H groups in total. The van der Waals surface area contributed by atoms with Crippen LogP contribution in [0, 0.1) is 0 Å². The Hall–Kier alpha value is -0.900. The number of hydrogen-bond donors (Lipinski definition) is 3. The van der Waals surface area contributed by atoms with Crippen LogP contribution in [0.3, 0.4) is 0 Å². The van der Waals surface area contributed by atoms with Crippen molar-refractivity contribution in [3.05, 3.63) is 35.4 Å². The quantitative estimate of drug-likeness (QED) is 0.670. The van der Waals surface area contributed by atoms with Crippen molar-refractivity contribution in [3.63, 3.8) is 0 Å². The maximum absolute atomic E-state index is 5.56. The second-order valence-electron chi connectivity index (χ2n) is 3.99. The summed E-state index contributed by atoms with van der Waals surface area (Å²) in [7, 11) is 0. The second-order valence-corrected chi connectivity index (χ2v) is 3.99. The minimum atomic E-state index is 0.455. The minimum absolute atomic E-state index is 0.455. The van der Waals surface area contributed by atoms with Gasteiger partial charge in [0.15, 0.2) is 0 Å². The third kappa shape index (κ3) is 2.78. The maximum Gasteiger partial charge on any atom is 0.0447 e. The third-order valence-electron chi connectivity index (χ3n) is 2.83. The largest absolute Gasteiger partial charge is 0.330 e. The zero-order valence-electron chi connectivity index (χ0n) is 9.00. The van der Waals surface area contributed by atoms with Crippen molar-refractivity contribution >= 4 is 0 Å². The van der Waals surface area contributed by atoms with Crippen LogP contribution in [0.5, 0.6) is 0 Å². The lowest BCUT2D eigenvalue weighted by atomic mass is 10.0. The molecule has 0 spiro atoms. The van der Waals surface area contributed by atoms with E-state index in [0.717, 1.165) is 32.6 Å². The van der Waals surface area contributed by atoms with Crippen LogP contribution in [-0.2, 0) is 6.42 Å². The first kappa shape index (κ1) is 10.6. The van der Waals surface area contributed by atoms with Crippen molar-refractivity contribution in [2.45, 2.75) is 12.5 Å². The average Bonchev–Trinajstić information content (AvgIpc) is 2.31. The van der Waals surface area contributed by atoms with Gasteiger partial charge in [-0.25, -0.2) is 0 Å². The van der Waals surface area contributed by atoms with Gasteiger partial charge in [-0.3, -0.25) is 0 Å². The van der Waals surface area contributed by atoms with Crippen molar-refractivity contribution in [2.24, 2.45) is 5.73 Å². The first-order valence-corrected chi connectivity index (χ1v) is 5.63. The molecule has 0 aliphatic carbocycles. The first-order valence-electron chi connectivity index (χ1n) is 5.63. The van der Waals surface area contributed by atoms with Crippen molar-refractivity contribution in [1.29, 1.82) is 0 Å². The monoisotopic (exact) mass is 205 g/mol. The molecule has 1 saturated heterocycles. The molecule has 0 amide bonds. The summed E-state index contributed by atoms with van der Waals surface area (Å²) in [6.45, 7) is 3.86. The van der Waals surface area contributed by atoms with E-state index in [-0.39, 0.29) is 0 Å². The first-order chi connectivity index (χ1) is 7.40. The van der Waals surface area contributed by atoms with E-state index in [2.05, 4.69) is 34.9 Å². The number of nitrogens with two attached hydrogens (primary N) is 1. The molecule has 0 bridgehead atoms. The molecule has 3 heteroatoms. The van der Waals surface area contributed by atoms with E-state index >= 15 is 0 Å².